The number of aliphatic hydroxyl groups is 1. The van der Waals surface area contributed by atoms with Crippen LogP contribution in [0.1, 0.15) is 65.2 Å². The van der Waals surface area contributed by atoms with Crippen molar-refractivity contribution in [3.63, 3.8) is 0 Å². The van der Waals surface area contributed by atoms with Crippen molar-refractivity contribution in [2.45, 2.75) is 77.4 Å². The summed E-state index contributed by atoms with van der Waals surface area (Å²) in [6.45, 7) is 4.95. The second kappa shape index (κ2) is 14.3. The molecule has 0 aliphatic carbocycles. The summed E-state index contributed by atoms with van der Waals surface area (Å²) >= 11 is 0. The lowest BCUT2D eigenvalue weighted by Crippen LogP contribution is -2.20. The second-order valence-corrected chi connectivity index (χ2v) is 5.75. The topological polar surface area (TPSA) is 62.5 Å². The van der Waals surface area contributed by atoms with Crippen molar-refractivity contribution in [2.24, 2.45) is 5.92 Å². The SMILES string of the molecule is CCC(CCCCC(C)OC)CC(CCO)OCCC#N. The van der Waals surface area contributed by atoms with Gasteiger partial charge in [-0.05, 0) is 32.1 Å². The molecule has 0 aromatic heterocycles. The van der Waals surface area contributed by atoms with Crippen LogP contribution in [0.15, 0.2) is 0 Å². The van der Waals surface area contributed by atoms with Crippen LogP contribution in [0.4, 0.5) is 0 Å². The van der Waals surface area contributed by atoms with Crippen LogP contribution in [-0.2, 0) is 9.47 Å². The summed E-state index contributed by atoms with van der Waals surface area (Å²) in [4.78, 5) is 0. The van der Waals surface area contributed by atoms with Gasteiger partial charge in [0, 0.05) is 13.7 Å². The Morgan fingerprint density at radius 3 is 2.48 bits per heavy atom. The van der Waals surface area contributed by atoms with Crippen LogP contribution < -0.4 is 0 Å². The van der Waals surface area contributed by atoms with E-state index in [2.05, 4.69) is 19.9 Å². The fourth-order valence-corrected chi connectivity index (χ4v) is 2.53. The Kier molecular flexibility index (Phi) is 13.9. The number of unbranched alkanes of at least 4 members (excludes halogenated alkanes) is 1. The van der Waals surface area contributed by atoms with Gasteiger partial charge in [-0.2, -0.15) is 5.26 Å². The van der Waals surface area contributed by atoms with E-state index >= 15 is 0 Å². The van der Waals surface area contributed by atoms with E-state index in [0.717, 1.165) is 19.3 Å². The molecule has 0 saturated carbocycles. The van der Waals surface area contributed by atoms with Crippen molar-refractivity contribution in [3.8, 4) is 6.07 Å². The highest BCUT2D eigenvalue weighted by atomic mass is 16.5. The summed E-state index contributed by atoms with van der Waals surface area (Å²) in [5, 5.41) is 17.7. The third-order valence-electron chi connectivity index (χ3n) is 4.07. The third kappa shape index (κ3) is 11.7. The van der Waals surface area contributed by atoms with E-state index in [-0.39, 0.29) is 12.7 Å². The summed E-state index contributed by atoms with van der Waals surface area (Å²) in [6.07, 6.45) is 8.40. The molecule has 21 heavy (non-hydrogen) atoms. The Labute approximate surface area is 130 Å². The van der Waals surface area contributed by atoms with Gasteiger partial charge >= 0.3 is 0 Å². The summed E-state index contributed by atoms with van der Waals surface area (Å²) in [6, 6.07) is 2.09. The largest absolute Gasteiger partial charge is 0.396 e. The summed E-state index contributed by atoms with van der Waals surface area (Å²) < 4.78 is 11.0. The molecule has 3 atom stereocenters. The van der Waals surface area contributed by atoms with Crippen molar-refractivity contribution in [1.29, 1.82) is 5.26 Å². The first-order valence-electron chi connectivity index (χ1n) is 8.30. The first-order chi connectivity index (χ1) is 10.2. The van der Waals surface area contributed by atoms with Gasteiger partial charge in [0.25, 0.3) is 0 Å². The van der Waals surface area contributed by atoms with E-state index in [0.29, 0.717) is 31.5 Å². The fourth-order valence-electron chi connectivity index (χ4n) is 2.53. The third-order valence-corrected chi connectivity index (χ3v) is 4.07. The Bertz CT molecular complexity index is 265. The standard InChI is InChI=1S/C17H33NO3/c1-4-16(9-6-5-8-15(2)20-3)14-17(10-12-19)21-13-7-11-18/h15-17,19H,4-10,12-14H2,1-3H3. The molecule has 0 aliphatic heterocycles. The smallest absolute Gasteiger partial charge is 0.0645 e. The molecule has 3 unspecified atom stereocenters. The molecule has 0 bridgehead atoms. The number of aliphatic hydroxyl groups excluding tert-OH is 1. The fraction of sp³-hybridized carbons (Fsp3) is 0.941. The Morgan fingerprint density at radius 2 is 1.90 bits per heavy atom. The molecule has 0 rings (SSSR count). The van der Waals surface area contributed by atoms with Crippen molar-refractivity contribution in [1.82, 2.24) is 0 Å². The van der Waals surface area contributed by atoms with Crippen molar-refractivity contribution in [3.05, 3.63) is 0 Å². The maximum Gasteiger partial charge on any atom is 0.0645 e. The average Bonchev–Trinajstić information content (AvgIpc) is 2.50. The maximum absolute atomic E-state index is 9.12. The van der Waals surface area contributed by atoms with Crippen LogP contribution in [0.25, 0.3) is 0 Å². The van der Waals surface area contributed by atoms with Gasteiger partial charge in [-0.1, -0.05) is 32.6 Å². The average molecular weight is 299 g/mol. The van der Waals surface area contributed by atoms with Gasteiger partial charge in [-0.25, -0.2) is 0 Å². The number of methoxy groups -OCH3 is 1. The van der Waals surface area contributed by atoms with Crippen LogP contribution in [0.5, 0.6) is 0 Å². The molecule has 0 heterocycles. The molecule has 0 radical (unpaired) electrons. The van der Waals surface area contributed by atoms with Crippen LogP contribution in [0.3, 0.4) is 0 Å². The molecule has 0 fully saturated rings. The number of hydrogen-bond donors (Lipinski definition) is 1. The molecule has 124 valence electrons. The molecule has 4 heteroatoms. The van der Waals surface area contributed by atoms with Crippen molar-refractivity contribution in [2.75, 3.05) is 20.3 Å². The molecule has 0 saturated heterocycles. The van der Waals surface area contributed by atoms with E-state index in [1.165, 1.54) is 19.3 Å². The molecule has 0 aromatic carbocycles. The van der Waals surface area contributed by atoms with Crippen LogP contribution in [-0.4, -0.2) is 37.6 Å². The second-order valence-electron chi connectivity index (χ2n) is 5.75. The van der Waals surface area contributed by atoms with Gasteiger partial charge in [-0.15, -0.1) is 0 Å². The van der Waals surface area contributed by atoms with E-state index < -0.39 is 0 Å². The van der Waals surface area contributed by atoms with Gasteiger partial charge in [0.15, 0.2) is 0 Å². The summed E-state index contributed by atoms with van der Waals surface area (Å²) in [5.41, 5.74) is 0. The first-order valence-corrected chi connectivity index (χ1v) is 8.30. The maximum atomic E-state index is 9.12. The number of hydrogen-bond acceptors (Lipinski definition) is 4. The predicted octanol–water partition coefficient (Wildman–Crippen LogP) is 3.68. The Hall–Kier alpha value is -0.630. The minimum absolute atomic E-state index is 0.0891. The molecule has 4 nitrogen and oxygen atoms in total. The van der Waals surface area contributed by atoms with Crippen LogP contribution in [0.2, 0.25) is 0 Å². The molecular weight excluding hydrogens is 266 g/mol. The zero-order valence-electron chi connectivity index (χ0n) is 14.0. The Balaban J connectivity index is 3.97. The number of rotatable bonds is 14. The van der Waals surface area contributed by atoms with E-state index in [1.54, 1.807) is 7.11 Å². The van der Waals surface area contributed by atoms with E-state index in [1.807, 2.05) is 0 Å². The van der Waals surface area contributed by atoms with Crippen molar-refractivity contribution < 1.29 is 14.6 Å². The molecule has 1 N–H and O–H groups in total. The summed E-state index contributed by atoms with van der Waals surface area (Å²) in [5.74, 6) is 0.640. The van der Waals surface area contributed by atoms with Crippen molar-refractivity contribution >= 4 is 0 Å². The number of ether oxygens (including phenoxy) is 2. The van der Waals surface area contributed by atoms with Gasteiger partial charge < -0.3 is 14.6 Å². The van der Waals surface area contributed by atoms with E-state index in [9.17, 15) is 0 Å². The minimum Gasteiger partial charge on any atom is -0.396 e. The Morgan fingerprint density at radius 1 is 1.19 bits per heavy atom. The molecule has 0 aliphatic rings. The highest BCUT2D eigenvalue weighted by Crippen LogP contribution is 2.22. The van der Waals surface area contributed by atoms with E-state index in [4.69, 9.17) is 19.8 Å². The lowest BCUT2D eigenvalue weighted by molar-refractivity contribution is 0.0212. The molecule has 0 amide bonds. The van der Waals surface area contributed by atoms with Gasteiger partial charge in [0.2, 0.25) is 0 Å². The van der Waals surface area contributed by atoms with Gasteiger partial charge in [0.05, 0.1) is 31.3 Å². The predicted molar refractivity (Wildman–Crippen MR) is 85.0 cm³/mol. The summed E-state index contributed by atoms with van der Waals surface area (Å²) in [7, 11) is 1.76. The molecule has 0 spiro atoms. The monoisotopic (exact) mass is 299 g/mol. The minimum atomic E-state index is 0.0891. The molecule has 0 aromatic rings. The lowest BCUT2D eigenvalue weighted by atomic mass is 9.91. The quantitative estimate of drug-likeness (QED) is 0.497. The first kappa shape index (κ1) is 20.4. The zero-order valence-corrected chi connectivity index (χ0v) is 14.0. The molecular formula is C17H33NO3. The number of nitrogens with zero attached hydrogens (tertiary/aromatic N) is 1. The van der Waals surface area contributed by atoms with Gasteiger partial charge in [-0.3, -0.25) is 0 Å². The normalized spacial score (nSPS) is 15.4. The highest BCUT2D eigenvalue weighted by molar-refractivity contribution is 4.70. The highest BCUT2D eigenvalue weighted by Gasteiger charge is 2.15. The van der Waals surface area contributed by atoms with Crippen LogP contribution >= 0.6 is 0 Å². The van der Waals surface area contributed by atoms with Gasteiger partial charge in [0.1, 0.15) is 0 Å². The lowest BCUT2D eigenvalue weighted by Gasteiger charge is -2.22. The zero-order chi connectivity index (χ0) is 15.9. The van der Waals surface area contributed by atoms with Crippen LogP contribution in [0, 0.1) is 17.2 Å². The number of nitriles is 1.